The van der Waals surface area contributed by atoms with E-state index in [4.69, 9.17) is 10.7 Å². The number of halogens is 1. The van der Waals surface area contributed by atoms with Crippen LogP contribution < -0.4 is 15.5 Å². The van der Waals surface area contributed by atoms with Crippen molar-refractivity contribution >= 4 is 33.6 Å². The van der Waals surface area contributed by atoms with E-state index in [2.05, 4.69) is 35.7 Å². The zero-order chi connectivity index (χ0) is 19.5. The van der Waals surface area contributed by atoms with Gasteiger partial charge in [-0.2, -0.15) is 0 Å². The molecule has 1 aromatic carbocycles. The molecule has 2 aromatic heterocycles. The number of anilines is 2. The molecule has 1 aliphatic rings. The van der Waals surface area contributed by atoms with E-state index in [1.54, 1.807) is 12.3 Å². The van der Waals surface area contributed by atoms with Crippen molar-refractivity contribution in [3.05, 3.63) is 64.9 Å². The molecule has 0 aliphatic carbocycles. The third-order valence-corrected chi connectivity index (χ3v) is 5.17. The van der Waals surface area contributed by atoms with Crippen LogP contribution in [0.15, 0.2) is 59.2 Å². The van der Waals surface area contributed by atoms with E-state index in [-0.39, 0.29) is 5.69 Å². The standard InChI is InChI=1S/C20H19BrN6O/c21-15-6-4-14(5-7-15)16-13-17(19(22)28)25-20(24-16)27-11-9-26(10-12-27)18-3-1-2-8-23-18/h1-8,13H,9-12H2,(H2,22,28). The highest BCUT2D eigenvalue weighted by atomic mass is 79.9. The van der Waals surface area contributed by atoms with Gasteiger partial charge in [0.2, 0.25) is 5.95 Å². The summed E-state index contributed by atoms with van der Waals surface area (Å²) in [5, 5.41) is 0. The van der Waals surface area contributed by atoms with E-state index in [1.807, 2.05) is 42.5 Å². The number of rotatable bonds is 4. The molecule has 0 atom stereocenters. The molecule has 7 nitrogen and oxygen atoms in total. The molecular weight excluding hydrogens is 420 g/mol. The van der Waals surface area contributed by atoms with Crippen molar-refractivity contribution in [2.75, 3.05) is 36.0 Å². The van der Waals surface area contributed by atoms with Gasteiger partial charge in [0.05, 0.1) is 5.69 Å². The maximum absolute atomic E-state index is 11.8. The number of nitrogens with two attached hydrogens (primary N) is 1. The largest absolute Gasteiger partial charge is 0.364 e. The van der Waals surface area contributed by atoms with Gasteiger partial charge >= 0.3 is 0 Å². The summed E-state index contributed by atoms with van der Waals surface area (Å²) in [7, 11) is 0. The molecule has 4 rings (SSSR count). The third-order valence-electron chi connectivity index (χ3n) is 4.64. The SMILES string of the molecule is NC(=O)c1cc(-c2ccc(Br)cc2)nc(N2CCN(c3ccccn3)CC2)n1. The Morgan fingerprint density at radius 3 is 2.32 bits per heavy atom. The van der Waals surface area contributed by atoms with Gasteiger partial charge in [-0.1, -0.05) is 34.1 Å². The fourth-order valence-corrected chi connectivity index (χ4v) is 3.41. The number of hydrogen-bond donors (Lipinski definition) is 1. The molecule has 28 heavy (non-hydrogen) atoms. The monoisotopic (exact) mass is 438 g/mol. The Morgan fingerprint density at radius 1 is 0.964 bits per heavy atom. The number of benzene rings is 1. The zero-order valence-electron chi connectivity index (χ0n) is 15.1. The van der Waals surface area contributed by atoms with Crippen LogP contribution in [0.4, 0.5) is 11.8 Å². The first-order valence-corrected chi connectivity index (χ1v) is 9.75. The highest BCUT2D eigenvalue weighted by molar-refractivity contribution is 9.10. The quantitative estimate of drug-likeness (QED) is 0.673. The average Bonchev–Trinajstić information content (AvgIpc) is 2.74. The first-order valence-electron chi connectivity index (χ1n) is 8.96. The van der Waals surface area contributed by atoms with Crippen LogP contribution in [0, 0.1) is 0 Å². The van der Waals surface area contributed by atoms with E-state index in [0.717, 1.165) is 42.0 Å². The second kappa shape index (κ2) is 7.93. The van der Waals surface area contributed by atoms with Crippen molar-refractivity contribution in [1.29, 1.82) is 0 Å². The lowest BCUT2D eigenvalue weighted by Crippen LogP contribution is -2.47. The fraction of sp³-hybridized carbons (Fsp3) is 0.200. The second-order valence-electron chi connectivity index (χ2n) is 6.47. The van der Waals surface area contributed by atoms with Crippen LogP contribution in [0.1, 0.15) is 10.5 Å². The van der Waals surface area contributed by atoms with E-state index in [1.165, 1.54) is 0 Å². The molecule has 1 aliphatic heterocycles. The lowest BCUT2D eigenvalue weighted by Gasteiger charge is -2.35. The van der Waals surface area contributed by atoms with Crippen LogP contribution in [0.5, 0.6) is 0 Å². The minimum absolute atomic E-state index is 0.218. The minimum Gasteiger partial charge on any atom is -0.364 e. The number of amides is 1. The third kappa shape index (κ3) is 3.96. The Labute approximate surface area is 171 Å². The van der Waals surface area contributed by atoms with Gasteiger partial charge in [-0.05, 0) is 30.3 Å². The molecule has 0 radical (unpaired) electrons. The van der Waals surface area contributed by atoms with Gasteiger partial charge in [-0.15, -0.1) is 0 Å². The molecule has 1 fully saturated rings. The Hall–Kier alpha value is -3.00. The van der Waals surface area contributed by atoms with Crippen molar-refractivity contribution < 1.29 is 4.79 Å². The maximum atomic E-state index is 11.8. The van der Waals surface area contributed by atoms with Crippen LogP contribution in [0.25, 0.3) is 11.3 Å². The van der Waals surface area contributed by atoms with Crippen molar-refractivity contribution in [3.63, 3.8) is 0 Å². The second-order valence-corrected chi connectivity index (χ2v) is 7.39. The minimum atomic E-state index is -0.561. The number of primary amides is 1. The summed E-state index contributed by atoms with van der Waals surface area (Å²) in [5.74, 6) is 0.925. The normalized spacial score (nSPS) is 14.2. The smallest absolute Gasteiger partial charge is 0.267 e. The molecular formula is C20H19BrN6O. The molecule has 3 heterocycles. The number of carbonyl (C=O) groups excluding carboxylic acids is 1. The van der Waals surface area contributed by atoms with Gasteiger partial charge in [0.15, 0.2) is 0 Å². The van der Waals surface area contributed by atoms with Crippen LogP contribution in [0.3, 0.4) is 0 Å². The number of hydrogen-bond acceptors (Lipinski definition) is 6. The number of aromatic nitrogens is 3. The highest BCUT2D eigenvalue weighted by Crippen LogP contribution is 2.24. The predicted molar refractivity (Wildman–Crippen MR) is 112 cm³/mol. The summed E-state index contributed by atoms with van der Waals surface area (Å²) < 4.78 is 0.978. The zero-order valence-corrected chi connectivity index (χ0v) is 16.7. The van der Waals surface area contributed by atoms with E-state index >= 15 is 0 Å². The summed E-state index contributed by atoms with van der Waals surface area (Å²) >= 11 is 3.43. The van der Waals surface area contributed by atoms with Crippen molar-refractivity contribution in [3.8, 4) is 11.3 Å². The van der Waals surface area contributed by atoms with Crippen LogP contribution in [0.2, 0.25) is 0 Å². The average molecular weight is 439 g/mol. The van der Waals surface area contributed by atoms with Crippen LogP contribution in [-0.2, 0) is 0 Å². The highest BCUT2D eigenvalue weighted by Gasteiger charge is 2.21. The van der Waals surface area contributed by atoms with E-state index in [0.29, 0.717) is 11.6 Å². The van der Waals surface area contributed by atoms with Crippen LogP contribution in [-0.4, -0.2) is 47.0 Å². The molecule has 2 N–H and O–H groups in total. The molecule has 0 saturated carbocycles. The summed E-state index contributed by atoms with van der Waals surface area (Å²) in [4.78, 5) is 29.6. The first-order chi connectivity index (χ1) is 13.6. The van der Waals surface area contributed by atoms with Crippen molar-refractivity contribution in [2.24, 2.45) is 5.73 Å². The Kier molecular flexibility index (Phi) is 5.21. The summed E-state index contributed by atoms with van der Waals surface area (Å²) in [6.45, 7) is 3.07. The van der Waals surface area contributed by atoms with Gasteiger partial charge in [0.25, 0.3) is 5.91 Å². The van der Waals surface area contributed by atoms with Gasteiger partial charge in [0.1, 0.15) is 11.5 Å². The molecule has 1 saturated heterocycles. The maximum Gasteiger partial charge on any atom is 0.267 e. The van der Waals surface area contributed by atoms with Crippen molar-refractivity contribution in [1.82, 2.24) is 15.0 Å². The Bertz CT molecular complexity index is 972. The van der Waals surface area contributed by atoms with E-state index in [9.17, 15) is 4.79 Å². The van der Waals surface area contributed by atoms with Gasteiger partial charge in [-0.25, -0.2) is 15.0 Å². The molecule has 0 spiro atoms. The van der Waals surface area contributed by atoms with Gasteiger partial charge < -0.3 is 15.5 Å². The number of nitrogens with zero attached hydrogens (tertiary/aromatic N) is 5. The van der Waals surface area contributed by atoms with Crippen LogP contribution >= 0.6 is 15.9 Å². The Balaban J connectivity index is 1.59. The van der Waals surface area contributed by atoms with Gasteiger partial charge in [-0.3, -0.25) is 4.79 Å². The fourth-order valence-electron chi connectivity index (χ4n) is 3.15. The molecule has 1 amide bonds. The molecule has 0 unspecified atom stereocenters. The number of carbonyl (C=O) groups is 1. The molecule has 0 bridgehead atoms. The topological polar surface area (TPSA) is 88.2 Å². The molecule has 8 heteroatoms. The van der Waals surface area contributed by atoms with E-state index < -0.39 is 5.91 Å². The summed E-state index contributed by atoms with van der Waals surface area (Å²) in [5.41, 5.74) is 7.31. The molecule has 142 valence electrons. The lowest BCUT2D eigenvalue weighted by atomic mass is 10.1. The Morgan fingerprint density at radius 2 is 1.68 bits per heavy atom. The molecule has 3 aromatic rings. The van der Waals surface area contributed by atoms with Crippen molar-refractivity contribution in [2.45, 2.75) is 0 Å². The number of pyridine rings is 1. The summed E-state index contributed by atoms with van der Waals surface area (Å²) in [6, 6.07) is 15.3. The summed E-state index contributed by atoms with van der Waals surface area (Å²) in [6.07, 6.45) is 1.80. The van der Waals surface area contributed by atoms with Gasteiger partial charge in [0, 0.05) is 42.4 Å². The lowest BCUT2D eigenvalue weighted by molar-refractivity contribution is 0.0995. The first kappa shape index (κ1) is 18.4. The predicted octanol–water partition coefficient (Wildman–Crippen LogP) is 2.73. The number of piperazine rings is 1.